The van der Waals surface area contributed by atoms with Crippen LogP contribution in [0.4, 0.5) is 0 Å². The summed E-state index contributed by atoms with van der Waals surface area (Å²) in [6, 6.07) is -0.919. The standard InChI is InChI=1S/C69H121N2O6P/c1-6-8-10-12-14-16-18-20-22-24-26-28-29-30-31-32-33-34-35-36-37-38-39-40-41-43-45-47-49-51-53-55-57-59-61-63-69(73)70-67(66-77-78(74,75)76-65-64-71(3,4)5)68(72)62-60-58-56-54-52-50-48-46-44-42-27-25-23-21-19-17-15-13-11-9-7-2/h8,10,14,16,20,22,26,28,30-31,33-34,36-37,44,46,52,54,60,62,67-68,72H,6-7,9,11-13,15,17-19,21,23-25,27,29,32,35,38-43,45,47-51,53,55-59,61,63-66H2,1-5H3,(H-,70,73,74,75)/b10-8-,16-14-,22-20-,28-26-,31-30-,34-33-,37-36-,46-44+,54-52+,62-60+. The van der Waals surface area contributed by atoms with Gasteiger partial charge in [-0.05, 0) is 103 Å². The zero-order valence-corrected chi connectivity index (χ0v) is 52.0. The van der Waals surface area contributed by atoms with E-state index in [-0.39, 0.29) is 12.5 Å². The summed E-state index contributed by atoms with van der Waals surface area (Å²) in [5.74, 6) is -0.216. The number of aliphatic hydroxyl groups excluding tert-OH is 1. The molecule has 0 spiro atoms. The third kappa shape index (κ3) is 60.5. The Morgan fingerprint density at radius 1 is 0.462 bits per heavy atom. The minimum Gasteiger partial charge on any atom is -0.756 e. The Morgan fingerprint density at radius 3 is 1.19 bits per heavy atom. The van der Waals surface area contributed by atoms with Crippen LogP contribution in [0.25, 0.3) is 0 Å². The number of aliphatic hydroxyl groups is 1. The molecule has 0 rings (SSSR count). The molecule has 0 radical (unpaired) electrons. The number of amides is 1. The van der Waals surface area contributed by atoms with E-state index in [0.717, 1.165) is 89.9 Å². The van der Waals surface area contributed by atoms with Crippen molar-refractivity contribution in [1.82, 2.24) is 5.32 Å². The van der Waals surface area contributed by atoms with Gasteiger partial charge >= 0.3 is 0 Å². The number of unbranched alkanes of at least 4 members (excludes halogenated alkanes) is 26. The maximum atomic E-state index is 13.0. The minimum absolute atomic E-state index is 0.0141. The first-order valence-corrected chi connectivity index (χ1v) is 33.4. The van der Waals surface area contributed by atoms with Crippen LogP contribution in [-0.2, 0) is 18.4 Å². The Labute approximate surface area is 482 Å². The zero-order valence-electron chi connectivity index (χ0n) is 51.1. The van der Waals surface area contributed by atoms with Crippen LogP contribution >= 0.6 is 7.82 Å². The van der Waals surface area contributed by atoms with Gasteiger partial charge in [0.15, 0.2) is 0 Å². The molecule has 78 heavy (non-hydrogen) atoms. The van der Waals surface area contributed by atoms with E-state index >= 15 is 0 Å². The second-order valence-electron chi connectivity index (χ2n) is 22.4. The lowest BCUT2D eigenvalue weighted by Gasteiger charge is -2.29. The summed E-state index contributed by atoms with van der Waals surface area (Å²) >= 11 is 0. The molecule has 3 atom stereocenters. The van der Waals surface area contributed by atoms with Crippen molar-refractivity contribution in [2.24, 2.45) is 0 Å². The number of quaternary nitrogens is 1. The number of likely N-dealkylation sites (N-methyl/N-ethyl adjacent to an activating group) is 1. The van der Waals surface area contributed by atoms with Crippen LogP contribution in [0.3, 0.4) is 0 Å². The number of rotatable bonds is 57. The van der Waals surface area contributed by atoms with Crippen molar-refractivity contribution in [3.63, 3.8) is 0 Å². The van der Waals surface area contributed by atoms with Crippen molar-refractivity contribution in [3.05, 3.63) is 122 Å². The SMILES string of the molecule is CC/C=C\C/C=C\C/C=C\C/C=C\C/C=C\C/C=C\C/C=C\CCCCCCCCCCCCCCCC(=O)NC(COP(=O)([O-])OCC[N+](C)(C)C)C(O)/C=C/CC/C=C/CC/C=C/CCCCCCCCCCCCC. The molecule has 0 fully saturated rings. The van der Waals surface area contributed by atoms with Crippen LogP contribution in [0.5, 0.6) is 0 Å². The molecule has 0 aliphatic rings. The van der Waals surface area contributed by atoms with Crippen LogP contribution < -0.4 is 10.2 Å². The molecule has 0 aromatic carbocycles. The third-order valence-corrected chi connectivity index (χ3v) is 14.6. The van der Waals surface area contributed by atoms with Gasteiger partial charge in [0.2, 0.25) is 5.91 Å². The zero-order chi connectivity index (χ0) is 57.0. The normalized spacial score (nSPS) is 14.6. The van der Waals surface area contributed by atoms with Crippen molar-refractivity contribution in [2.45, 2.75) is 270 Å². The van der Waals surface area contributed by atoms with Crippen molar-refractivity contribution < 1.29 is 32.9 Å². The third-order valence-electron chi connectivity index (χ3n) is 13.6. The molecule has 8 nitrogen and oxygen atoms in total. The van der Waals surface area contributed by atoms with Gasteiger partial charge in [-0.25, -0.2) is 0 Å². The topological polar surface area (TPSA) is 108 Å². The number of nitrogens with zero attached hydrogens (tertiary/aromatic N) is 1. The largest absolute Gasteiger partial charge is 0.756 e. The van der Waals surface area contributed by atoms with Gasteiger partial charge in [-0.15, -0.1) is 0 Å². The van der Waals surface area contributed by atoms with Crippen molar-refractivity contribution in [2.75, 3.05) is 40.9 Å². The average molecular weight is 1110 g/mol. The fourth-order valence-corrected chi connectivity index (χ4v) is 9.42. The van der Waals surface area contributed by atoms with Crippen LogP contribution in [-0.4, -0.2) is 68.5 Å². The Hall–Kier alpha value is -3.10. The van der Waals surface area contributed by atoms with E-state index in [1.54, 1.807) is 6.08 Å². The van der Waals surface area contributed by atoms with E-state index in [1.807, 2.05) is 27.2 Å². The van der Waals surface area contributed by atoms with E-state index in [1.165, 1.54) is 148 Å². The summed E-state index contributed by atoms with van der Waals surface area (Å²) in [6.07, 6.45) is 87.2. The maximum Gasteiger partial charge on any atom is 0.268 e. The molecule has 448 valence electrons. The van der Waals surface area contributed by atoms with Crippen LogP contribution in [0.1, 0.15) is 258 Å². The fraction of sp³-hybridized carbons (Fsp3) is 0.696. The summed E-state index contributed by atoms with van der Waals surface area (Å²) < 4.78 is 23.4. The molecule has 0 aliphatic heterocycles. The summed E-state index contributed by atoms with van der Waals surface area (Å²) in [5, 5.41) is 13.9. The highest BCUT2D eigenvalue weighted by Crippen LogP contribution is 2.38. The number of phosphoric ester groups is 1. The molecule has 0 saturated heterocycles. The molecule has 0 aromatic rings. The molecule has 0 aromatic heterocycles. The number of carbonyl (C=O) groups excluding carboxylic acids is 1. The van der Waals surface area contributed by atoms with Gasteiger partial charge in [0.1, 0.15) is 13.2 Å². The van der Waals surface area contributed by atoms with Crippen LogP contribution in [0.15, 0.2) is 122 Å². The van der Waals surface area contributed by atoms with Crippen LogP contribution in [0, 0.1) is 0 Å². The van der Waals surface area contributed by atoms with Gasteiger partial charge in [0, 0.05) is 6.42 Å². The maximum absolute atomic E-state index is 13.0. The van der Waals surface area contributed by atoms with Gasteiger partial charge in [-0.1, -0.05) is 270 Å². The smallest absolute Gasteiger partial charge is 0.268 e. The lowest BCUT2D eigenvalue weighted by atomic mass is 10.0. The number of carbonyl (C=O) groups is 1. The molecule has 1 amide bonds. The second-order valence-corrected chi connectivity index (χ2v) is 23.8. The molecule has 0 aliphatic carbocycles. The Bertz CT molecular complexity index is 1680. The molecule has 3 unspecified atom stereocenters. The van der Waals surface area contributed by atoms with Gasteiger partial charge in [-0.3, -0.25) is 9.36 Å². The van der Waals surface area contributed by atoms with Crippen molar-refractivity contribution >= 4 is 13.7 Å². The van der Waals surface area contributed by atoms with E-state index in [4.69, 9.17) is 9.05 Å². The lowest BCUT2D eigenvalue weighted by Crippen LogP contribution is -2.45. The van der Waals surface area contributed by atoms with Crippen molar-refractivity contribution in [3.8, 4) is 0 Å². The van der Waals surface area contributed by atoms with E-state index in [2.05, 4.69) is 129 Å². The first-order chi connectivity index (χ1) is 38.0. The highest BCUT2D eigenvalue weighted by molar-refractivity contribution is 7.45. The van der Waals surface area contributed by atoms with Gasteiger partial charge < -0.3 is 28.8 Å². The number of hydrogen-bond donors (Lipinski definition) is 2. The molecule has 2 N–H and O–H groups in total. The predicted octanol–water partition coefficient (Wildman–Crippen LogP) is 19.5. The molecule has 0 bridgehead atoms. The fourth-order valence-electron chi connectivity index (χ4n) is 8.70. The first kappa shape index (κ1) is 74.9. The molecular formula is C69H121N2O6P. The molecule has 0 heterocycles. The van der Waals surface area contributed by atoms with Crippen molar-refractivity contribution in [1.29, 1.82) is 0 Å². The Balaban J connectivity index is 4.18. The Kier molecular flexibility index (Phi) is 56.2. The second kappa shape index (κ2) is 58.6. The quantitative estimate of drug-likeness (QED) is 0.0272. The number of hydrogen-bond acceptors (Lipinski definition) is 6. The van der Waals surface area contributed by atoms with E-state index in [0.29, 0.717) is 17.4 Å². The van der Waals surface area contributed by atoms with E-state index in [9.17, 15) is 19.4 Å². The minimum atomic E-state index is -4.62. The average Bonchev–Trinajstić information content (AvgIpc) is 3.41. The molecule has 9 heteroatoms. The predicted molar refractivity (Wildman–Crippen MR) is 339 cm³/mol. The van der Waals surface area contributed by atoms with E-state index < -0.39 is 26.6 Å². The number of nitrogens with one attached hydrogen (secondary N) is 1. The number of phosphoric acid groups is 1. The highest BCUT2D eigenvalue weighted by Gasteiger charge is 2.23. The van der Waals surface area contributed by atoms with Crippen LogP contribution in [0.2, 0.25) is 0 Å². The lowest BCUT2D eigenvalue weighted by molar-refractivity contribution is -0.870. The first-order valence-electron chi connectivity index (χ1n) is 31.9. The summed E-state index contributed by atoms with van der Waals surface area (Å²) in [5.41, 5.74) is 0. The molecule has 0 saturated carbocycles. The Morgan fingerprint density at radius 2 is 0.795 bits per heavy atom. The van der Waals surface area contributed by atoms with Gasteiger partial charge in [0.05, 0.1) is 39.9 Å². The number of allylic oxidation sites excluding steroid dienone is 19. The summed E-state index contributed by atoms with van der Waals surface area (Å²) in [6.45, 7) is 4.51. The van der Waals surface area contributed by atoms with Gasteiger partial charge in [0.25, 0.3) is 7.82 Å². The highest BCUT2D eigenvalue weighted by atomic mass is 31.2. The summed E-state index contributed by atoms with van der Waals surface area (Å²) in [4.78, 5) is 25.6. The van der Waals surface area contributed by atoms with Gasteiger partial charge in [-0.2, -0.15) is 0 Å². The monoisotopic (exact) mass is 1100 g/mol. The molecular weight excluding hydrogens is 984 g/mol. The summed E-state index contributed by atoms with van der Waals surface area (Å²) in [7, 11) is 1.22.